The summed E-state index contributed by atoms with van der Waals surface area (Å²) >= 11 is 2.96. The van der Waals surface area contributed by atoms with Crippen LogP contribution in [0.25, 0.3) is 16.6 Å². The Labute approximate surface area is 176 Å². The van der Waals surface area contributed by atoms with Crippen molar-refractivity contribution in [2.24, 2.45) is 5.92 Å². The van der Waals surface area contributed by atoms with Gasteiger partial charge in [0.25, 0.3) is 0 Å². The molecule has 0 aliphatic carbocycles. The molecule has 0 saturated heterocycles. The van der Waals surface area contributed by atoms with Crippen LogP contribution in [0.5, 0.6) is 0 Å². The first-order chi connectivity index (χ1) is 14.0. The summed E-state index contributed by atoms with van der Waals surface area (Å²) in [5.74, 6) is 1.05. The molecule has 9 heteroatoms. The molecular formula is C20H22N6OS2. The van der Waals surface area contributed by atoms with Crippen LogP contribution in [0.4, 0.5) is 5.13 Å². The zero-order chi connectivity index (χ0) is 20.4. The van der Waals surface area contributed by atoms with Crippen LogP contribution in [0.2, 0.25) is 0 Å². The molecule has 150 valence electrons. The lowest BCUT2D eigenvalue weighted by atomic mass is 10.1. The number of nitrogens with zero attached hydrogens (tertiary/aromatic N) is 5. The number of benzene rings is 1. The normalized spacial score (nSPS) is 11.6. The van der Waals surface area contributed by atoms with Crippen molar-refractivity contribution in [1.82, 2.24) is 24.8 Å². The number of para-hydroxylation sites is 1. The van der Waals surface area contributed by atoms with E-state index in [9.17, 15) is 4.79 Å². The Bertz CT molecular complexity index is 1170. The minimum absolute atomic E-state index is 0.0701. The molecule has 0 unspecified atom stereocenters. The van der Waals surface area contributed by atoms with Gasteiger partial charge < -0.3 is 5.32 Å². The Balaban J connectivity index is 1.41. The number of pyridine rings is 1. The molecule has 1 amide bonds. The third-order valence-corrected chi connectivity index (χ3v) is 6.22. The maximum Gasteiger partial charge on any atom is 0.227 e. The Morgan fingerprint density at radius 1 is 1.21 bits per heavy atom. The SMILES string of the molecule is Cc1cc2nnc(SCCC(=O)Nc3nnc(CC(C)C)s3)n2c2ccccc12. The highest BCUT2D eigenvalue weighted by molar-refractivity contribution is 7.99. The van der Waals surface area contributed by atoms with E-state index >= 15 is 0 Å². The molecule has 0 saturated carbocycles. The van der Waals surface area contributed by atoms with Gasteiger partial charge in [-0.1, -0.05) is 55.1 Å². The third kappa shape index (κ3) is 4.40. The predicted octanol–water partition coefficient (Wildman–Crippen LogP) is 4.36. The molecule has 0 aliphatic rings. The van der Waals surface area contributed by atoms with Gasteiger partial charge >= 0.3 is 0 Å². The summed E-state index contributed by atoms with van der Waals surface area (Å²) in [5, 5.41) is 23.1. The van der Waals surface area contributed by atoms with Gasteiger partial charge in [0.2, 0.25) is 11.0 Å². The van der Waals surface area contributed by atoms with E-state index in [0.717, 1.165) is 27.7 Å². The van der Waals surface area contributed by atoms with Gasteiger partial charge in [-0.05, 0) is 30.5 Å². The number of carbonyl (C=O) groups is 1. The van der Waals surface area contributed by atoms with Crippen LogP contribution in [-0.2, 0) is 11.2 Å². The van der Waals surface area contributed by atoms with E-state index in [2.05, 4.69) is 58.6 Å². The number of rotatable bonds is 7. The van der Waals surface area contributed by atoms with Crippen LogP contribution >= 0.6 is 23.1 Å². The molecule has 29 heavy (non-hydrogen) atoms. The second-order valence-electron chi connectivity index (χ2n) is 7.27. The van der Waals surface area contributed by atoms with Crippen LogP contribution in [0.3, 0.4) is 0 Å². The number of fused-ring (bicyclic) bond motifs is 3. The summed E-state index contributed by atoms with van der Waals surface area (Å²) in [7, 11) is 0. The fourth-order valence-corrected chi connectivity index (χ4v) is 4.98. The summed E-state index contributed by atoms with van der Waals surface area (Å²) in [6.45, 7) is 6.35. The lowest BCUT2D eigenvalue weighted by Gasteiger charge is -2.07. The first-order valence-corrected chi connectivity index (χ1v) is 11.3. The van der Waals surface area contributed by atoms with Crippen LogP contribution in [0.1, 0.15) is 30.8 Å². The van der Waals surface area contributed by atoms with Gasteiger partial charge in [0.15, 0.2) is 10.8 Å². The molecule has 4 aromatic rings. The second-order valence-corrected chi connectivity index (χ2v) is 9.39. The highest BCUT2D eigenvalue weighted by atomic mass is 32.2. The molecule has 7 nitrogen and oxygen atoms in total. The zero-order valence-corrected chi connectivity index (χ0v) is 18.2. The van der Waals surface area contributed by atoms with Crippen molar-refractivity contribution in [3.8, 4) is 0 Å². The topological polar surface area (TPSA) is 85.1 Å². The first kappa shape index (κ1) is 19.8. The second kappa shape index (κ2) is 8.46. The van der Waals surface area contributed by atoms with Crippen LogP contribution in [0.15, 0.2) is 35.5 Å². The number of hydrogen-bond acceptors (Lipinski definition) is 7. The summed E-state index contributed by atoms with van der Waals surface area (Å²) in [6, 6.07) is 10.2. The van der Waals surface area contributed by atoms with Crippen molar-refractivity contribution in [3.63, 3.8) is 0 Å². The van der Waals surface area contributed by atoms with Crippen molar-refractivity contribution >= 4 is 50.7 Å². The van der Waals surface area contributed by atoms with E-state index in [0.29, 0.717) is 23.2 Å². The minimum atomic E-state index is -0.0701. The molecule has 0 radical (unpaired) electrons. The van der Waals surface area contributed by atoms with Crippen LogP contribution < -0.4 is 5.32 Å². The lowest BCUT2D eigenvalue weighted by Crippen LogP contribution is -2.12. The fraction of sp³-hybridized carbons (Fsp3) is 0.350. The van der Waals surface area contributed by atoms with Crippen LogP contribution in [0, 0.1) is 12.8 Å². The van der Waals surface area contributed by atoms with Crippen molar-refractivity contribution in [1.29, 1.82) is 0 Å². The molecule has 0 bridgehead atoms. The van der Waals surface area contributed by atoms with Gasteiger partial charge in [-0.15, -0.1) is 20.4 Å². The van der Waals surface area contributed by atoms with Gasteiger partial charge in [0.05, 0.1) is 5.52 Å². The summed E-state index contributed by atoms with van der Waals surface area (Å²) in [5.41, 5.74) is 3.07. The number of carbonyl (C=O) groups excluding carboxylic acids is 1. The van der Waals surface area contributed by atoms with E-state index in [1.807, 2.05) is 22.6 Å². The first-order valence-electron chi connectivity index (χ1n) is 9.50. The average molecular weight is 427 g/mol. The van der Waals surface area contributed by atoms with E-state index < -0.39 is 0 Å². The molecular weight excluding hydrogens is 404 g/mol. The molecule has 1 N–H and O–H groups in total. The molecule has 0 spiro atoms. The molecule has 0 fully saturated rings. The highest BCUT2D eigenvalue weighted by Crippen LogP contribution is 2.26. The van der Waals surface area contributed by atoms with Gasteiger partial charge in [-0.3, -0.25) is 9.20 Å². The Hall–Kier alpha value is -2.52. The Morgan fingerprint density at radius 2 is 2.03 bits per heavy atom. The molecule has 0 aliphatic heterocycles. The number of aromatic nitrogens is 5. The monoisotopic (exact) mass is 426 g/mol. The van der Waals surface area contributed by atoms with E-state index in [-0.39, 0.29) is 5.91 Å². The summed E-state index contributed by atoms with van der Waals surface area (Å²) in [6.07, 6.45) is 1.24. The lowest BCUT2D eigenvalue weighted by molar-refractivity contribution is -0.115. The van der Waals surface area contributed by atoms with Gasteiger partial charge in [0, 0.05) is 24.0 Å². The number of thioether (sulfide) groups is 1. The third-order valence-electron chi connectivity index (χ3n) is 4.43. The average Bonchev–Trinajstić information content (AvgIpc) is 3.28. The van der Waals surface area contributed by atoms with Gasteiger partial charge in [0.1, 0.15) is 5.01 Å². The van der Waals surface area contributed by atoms with Crippen molar-refractivity contribution in [2.45, 2.75) is 38.8 Å². The molecule has 4 rings (SSSR count). The number of amides is 1. The molecule has 3 aromatic heterocycles. The number of aryl methyl sites for hydroxylation is 1. The summed E-state index contributed by atoms with van der Waals surface area (Å²) in [4.78, 5) is 12.3. The van der Waals surface area contributed by atoms with E-state index in [1.165, 1.54) is 34.0 Å². The quantitative estimate of drug-likeness (QED) is 0.442. The van der Waals surface area contributed by atoms with Crippen LogP contribution in [-0.4, -0.2) is 36.5 Å². The standard InChI is InChI=1S/C20H22N6OS2/c1-12(2)10-18-23-24-19(29-18)21-17(27)8-9-28-20-25-22-16-11-13(3)14-6-4-5-7-15(14)26(16)20/h4-7,11-12H,8-10H2,1-3H3,(H,21,24,27). The fourth-order valence-electron chi connectivity index (χ4n) is 3.12. The maximum absolute atomic E-state index is 12.3. The molecule has 1 aromatic carbocycles. The van der Waals surface area contributed by atoms with Gasteiger partial charge in [-0.2, -0.15) is 0 Å². The maximum atomic E-state index is 12.3. The minimum Gasteiger partial charge on any atom is -0.301 e. The van der Waals surface area contributed by atoms with E-state index in [1.54, 1.807) is 0 Å². The van der Waals surface area contributed by atoms with Gasteiger partial charge in [-0.25, -0.2) is 0 Å². The zero-order valence-electron chi connectivity index (χ0n) is 16.5. The predicted molar refractivity (Wildman–Crippen MR) is 118 cm³/mol. The largest absolute Gasteiger partial charge is 0.301 e. The summed E-state index contributed by atoms with van der Waals surface area (Å²) < 4.78 is 2.05. The van der Waals surface area contributed by atoms with Crippen molar-refractivity contribution in [2.75, 3.05) is 11.1 Å². The Kier molecular flexibility index (Phi) is 5.77. The molecule has 0 atom stereocenters. The Morgan fingerprint density at radius 3 is 2.86 bits per heavy atom. The van der Waals surface area contributed by atoms with Crippen molar-refractivity contribution in [3.05, 3.63) is 40.9 Å². The van der Waals surface area contributed by atoms with Crippen molar-refractivity contribution < 1.29 is 4.79 Å². The number of nitrogens with one attached hydrogen (secondary N) is 1. The number of anilines is 1. The van der Waals surface area contributed by atoms with E-state index in [4.69, 9.17) is 0 Å². The number of hydrogen-bond donors (Lipinski definition) is 1. The highest BCUT2D eigenvalue weighted by Gasteiger charge is 2.13. The smallest absolute Gasteiger partial charge is 0.227 e. The molecule has 3 heterocycles.